The number of nitrogens with zero attached hydrogens (tertiary/aromatic N) is 2. The van der Waals surface area contributed by atoms with Crippen LogP contribution in [-0.2, 0) is 0 Å². The summed E-state index contributed by atoms with van der Waals surface area (Å²) >= 11 is 3.62. The fraction of sp³-hybridized carbons (Fsp3) is 0.300. The van der Waals surface area contributed by atoms with Crippen molar-refractivity contribution in [2.45, 2.75) is 75.0 Å². The lowest BCUT2D eigenvalue weighted by molar-refractivity contribution is 0.0725. The van der Waals surface area contributed by atoms with Gasteiger partial charge in [-0.05, 0) is 121 Å². The van der Waals surface area contributed by atoms with Crippen LogP contribution in [0, 0.1) is 0 Å². The van der Waals surface area contributed by atoms with Gasteiger partial charge in [-0.25, -0.2) is 9.59 Å². The SMILES string of the molecule is CCCCCCSc1ccc(C(=O)Oc2ccc(-c3nnc(-c4ccc(OC(=O)c5ccc(SCCCCCC)cc5)cc4)o3)cc2)cc1. The zero-order chi connectivity index (χ0) is 34.3. The van der Waals surface area contributed by atoms with Crippen LogP contribution in [0.1, 0.15) is 85.9 Å². The molecular weight excluding hydrogens is 653 g/mol. The van der Waals surface area contributed by atoms with Crippen molar-refractivity contribution < 1.29 is 23.5 Å². The van der Waals surface area contributed by atoms with E-state index in [0.717, 1.165) is 21.3 Å². The predicted octanol–water partition coefficient (Wildman–Crippen LogP) is 11.2. The van der Waals surface area contributed by atoms with Gasteiger partial charge in [-0.15, -0.1) is 33.7 Å². The van der Waals surface area contributed by atoms with E-state index in [-0.39, 0.29) is 0 Å². The third-order valence-electron chi connectivity index (χ3n) is 7.76. The van der Waals surface area contributed by atoms with Crippen molar-refractivity contribution in [3.05, 3.63) is 108 Å². The Morgan fingerprint density at radius 1 is 0.531 bits per heavy atom. The van der Waals surface area contributed by atoms with Gasteiger partial charge in [0.2, 0.25) is 11.8 Å². The average molecular weight is 695 g/mol. The molecule has 0 aliphatic heterocycles. The normalized spacial score (nSPS) is 11.0. The van der Waals surface area contributed by atoms with Crippen LogP contribution in [0.15, 0.2) is 111 Å². The van der Waals surface area contributed by atoms with E-state index in [2.05, 4.69) is 24.0 Å². The quantitative estimate of drug-likeness (QED) is 0.0384. The van der Waals surface area contributed by atoms with Gasteiger partial charge >= 0.3 is 11.9 Å². The molecule has 0 unspecified atom stereocenters. The molecule has 1 heterocycles. The van der Waals surface area contributed by atoms with Gasteiger partial charge in [-0.1, -0.05) is 52.4 Å². The lowest BCUT2D eigenvalue weighted by Gasteiger charge is -2.06. The van der Waals surface area contributed by atoms with Crippen molar-refractivity contribution in [1.29, 1.82) is 0 Å². The van der Waals surface area contributed by atoms with Crippen LogP contribution in [0.2, 0.25) is 0 Å². The minimum Gasteiger partial charge on any atom is -0.423 e. The lowest BCUT2D eigenvalue weighted by Crippen LogP contribution is -2.08. The molecule has 49 heavy (non-hydrogen) atoms. The van der Waals surface area contributed by atoms with E-state index in [1.165, 1.54) is 51.4 Å². The molecule has 0 aliphatic rings. The fourth-order valence-electron chi connectivity index (χ4n) is 4.93. The Kier molecular flexibility index (Phi) is 13.9. The van der Waals surface area contributed by atoms with Crippen LogP contribution in [0.5, 0.6) is 11.5 Å². The Morgan fingerprint density at radius 3 is 1.29 bits per heavy atom. The zero-order valence-corrected chi connectivity index (χ0v) is 29.7. The Hall–Kier alpha value is -4.34. The fourth-order valence-corrected chi connectivity index (χ4v) is 6.76. The van der Waals surface area contributed by atoms with Crippen molar-refractivity contribution in [2.24, 2.45) is 0 Å². The van der Waals surface area contributed by atoms with Gasteiger partial charge in [-0.2, -0.15) is 0 Å². The molecule has 0 amide bonds. The maximum absolute atomic E-state index is 12.7. The highest BCUT2D eigenvalue weighted by Crippen LogP contribution is 2.28. The number of hydrogen-bond acceptors (Lipinski definition) is 9. The molecule has 1 aromatic heterocycles. The molecule has 5 aromatic rings. The second kappa shape index (κ2) is 19.0. The van der Waals surface area contributed by atoms with Gasteiger partial charge in [0.25, 0.3) is 0 Å². The minimum absolute atomic E-state index is 0.328. The molecule has 0 aliphatic carbocycles. The second-order valence-corrected chi connectivity index (χ2v) is 13.9. The highest BCUT2D eigenvalue weighted by Gasteiger charge is 2.14. The molecule has 7 nitrogen and oxygen atoms in total. The van der Waals surface area contributed by atoms with E-state index in [1.807, 2.05) is 47.8 Å². The molecule has 0 bridgehead atoms. The molecule has 0 atom stereocenters. The highest BCUT2D eigenvalue weighted by molar-refractivity contribution is 7.99. The molecule has 5 rings (SSSR count). The molecule has 0 radical (unpaired) electrons. The van der Waals surface area contributed by atoms with E-state index >= 15 is 0 Å². The van der Waals surface area contributed by atoms with Crippen LogP contribution in [-0.4, -0.2) is 33.6 Å². The second-order valence-electron chi connectivity index (χ2n) is 11.6. The van der Waals surface area contributed by atoms with Gasteiger partial charge in [0.1, 0.15) is 11.5 Å². The molecule has 254 valence electrons. The third-order valence-corrected chi connectivity index (χ3v) is 9.96. The number of carbonyl (C=O) groups excluding carboxylic acids is 2. The van der Waals surface area contributed by atoms with E-state index in [9.17, 15) is 9.59 Å². The highest BCUT2D eigenvalue weighted by atomic mass is 32.2. The van der Waals surface area contributed by atoms with Crippen LogP contribution in [0.4, 0.5) is 0 Å². The number of unbranched alkanes of at least 4 members (excludes halogenated alkanes) is 6. The van der Waals surface area contributed by atoms with E-state index in [4.69, 9.17) is 13.9 Å². The van der Waals surface area contributed by atoms with E-state index in [1.54, 1.807) is 72.8 Å². The van der Waals surface area contributed by atoms with Gasteiger partial charge in [0, 0.05) is 20.9 Å². The number of hydrogen-bond donors (Lipinski definition) is 0. The van der Waals surface area contributed by atoms with Gasteiger partial charge in [0.05, 0.1) is 11.1 Å². The predicted molar refractivity (Wildman–Crippen MR) is 198 cm³/mol. The van der Waals surface area contributed by atoms with Crippen molar-refractivity contribution in [1.82, 2.24) is 10.2 Å². The number of carbonyl (C=O) groups is 2. The van der Waals surface area contributed by atoms with Crippen LogP contribution in [0.25, 0.3) is 22.9 Å². The Bertz CT molecular complexity index is 1620. The molecule has 0 spiro atoms. The summed E-state index contributed by atoms with van der Waals surface area (Å²) < 4.78 is 17.1. The Balaban J connectivity index is 1.10. The summed E-state index contributed by atoms with van der Waals surface area (Å²) in [6.07, 6.45) is 9.91. The molecular formula is C40H42N2O5S2. The summed E-state index contributed by atoms with van der Waals surface area (Å²) in [6.45, 7) is 4.42. The van der Waals surface area contributed by atoms with Crippen LogP contribution >= 0.6 is 23.5 Å². The maximum Gasteiger partial charge on any atom is 0.343 e. The Morgan fingerprint density at radius 2 is 0.918 bits per heavy atom. The van der Waals surface area contributed by atoms with Gasteiger partial charge < -0.3 is 13.9 Å². The number of benzene rings is 4. The van der Waals surface area contributed by atoms with Crippen molar-refractivity contribution in [3.63, 3.8) is 0 Å². The summed E-state index contributed by atoms with van der Waals surface area (Å²) in [5, 5.41) is 8.36. The number of aromatic nitrogens is 2. The number of ether oxygens (including phenoxy) is 2. The van der Waals surface area contributed by atoms with E-state index < -0.39 is 11.9 Å². The number of rotatable bonds is 18. The van der Waals surface area contributed by atoms with Crippen molar-refractivity contribution in [2.75, 3.05) is 11.5 Å². The zero-order valence-electron chi connectivity index (χ0n) is 28.1. The largest absolute Gasteiger partial charge is 0.423 e. The van der Waals surface area contributed by atoms with Crippen LogP contribution < -0.4 is 9.47 Å². The first-order valence-corrected chi connectivity index (χ1v) is 18.9. The third kappa shape index (κ3) is 11.1. The summed E-state index contributed by atoms with van der Waals surface area (Å²) in [4.78, 5) is 27.7. The first kappa shape index (κ1) is 36.0. The topological polar surface area (TPSA) is 91.5 Å². The minimum atomic E-state index is -0.415. The lowest BCUT2D eigenvalue weighted by atomic mass is 10.2. The molecule has 4 aromatic carbocycles. The van der Waals surface area contributed by atoms with E-state index in [0.29, 0.717) is 45.5 Å². The van der Waals surface area contributed by atoms with Gasteiger partial charge in [-0.3, -0.25) is 0 Å². The molecule has 0 saturated carbocycles. The van der Waals surface area contributed by atoms with Crippen LogP contribution in [0.3, 0.4) is 0 Å². The summed E-state index contributed by atoms with van der Waals surface area (Å²) in [6, 6.07) is 28.9. The maximum atomic E-state index is 12.7. The average Bonchev–Trinajstić information content (AvgIpc) is 3.63. The molecule has 9 heteroatoms. The molecule has 0 saturated heterocycles. The molecule has 0 fully saturated rings. The first-order valence-electron chi connectivity index (χ1n) is 17.0. The molecule has 0 N–H and O–H groups in total. The van der Waals surface area contributed by atoms with Crippen molar-refractivity contribution in [3.8, 4) is 34.4 Å². The standard InChI is InChI=1S/C40H42N2O5S2/c1-3-5-7-9-27-48-35-23-15-31(16-24-35)39(43)45-33-19-11-29(12-20-33)37-41-42-38(47-37)30-13-21-34(22-14-30)46-40(44)32-17-25-36(26-18-32)49-28-10-8-6-4-2/h11-26H,3-10,27-28H2,1-2H3. The summed E-state index contributed by atoms with van der Waals surface area (Å²) in [7, 11) is 0. The number of thioether (sulfide) groups is 2. The van der Waals surface area contributed by atoms with Gasteiger partial charge in [0.15, 0.2) is 0 Å². The smallest absolute Gasteiger partial charge is 0.343 e. The Labute approximate surface area is 297 Å². The monoisotopic (exact) mass is 694 g/mol. The summed E-state index contributed by atoms with van der Waals surface area (Å²) in [5.41, 5.74) is 2.37. The number of esters is 2. The summed E-state index contributed by atoms with van der Waals surface area (Å²) in [5.74, 6) is 2.82. The van der Waals surface area contributed by atoms with Crippen molar-refractivity contribution >= 4 is 35.5 Å². The first-order chi connectivity index (χ1) is 24.0.